The fourth-order valence-electron chi connectivity index (χ4n) is 2.96. The minimum absolute atomic E-state index is 0.0735. The molecule has 0 spiro atoms. The molecule has 0 fully saturated rings. The number of nitrogens with zero attached hydrogens (tertiary/aromatic N) is 3. The van der Waals surface area contributed by atoms with Gasteiger partial charge in [0, 0.05) is 18.7 Å². The van der Waals surface area contributed by atoms with Crippen molar-refractivity contribution in [3.8, 4) is 5.75 Å². The summed E-state index contributed by atoms with van der Waals surface area (Å²) in [6.45, 7) is 5.40. The monoisotopic (exact) mass is 410 g/mol. The van der Waals surface area contributed by atoms with Gasteiger partial charge in [0.2, 0.25) is 5.91 Å². The summed E-state index contributed by atoms with van der Waals surface area (Å²) in [6.07, 6.45) is 1.74. The van der Waals surface area contributed by atoms with Crippen LogP contribution in [0, 0.1) is 0 Å². The van der Waals surface area contributed by atoms with Crippen LogP contribution in [0.25, 0.3) is 0 Å². The molecular formula is C22H26N4O2S. The highest BCUT2D eigenvalue weighted by Crippen LogP contribution is 2.20. The van der Waals surface area contributed by atoms with Crippen LogP contribution in [0.1, 0.15) is 25.2 Å². The molecule has 152 valence electrons. The molecule has 3 aromatic rings. The third-order valence-electron chi connectivity index (χ3n) is 4.37. The summed E-state index contributed by atoms with van der Waals surface area (Å²) in [7, 11) is 0. The summed E-state index contributed by atoms with van der Waals surface area (Å²) < 4.78 is 7.49. The second kappa shape index (κ2) is 10.7. The van der Waals surface area contributed by atoms with Gasteiger partial charge in [-0.25, -0.2) is 0 Å². The van der Waals surface area contributed by atoms with Crippen molar-refractivity contribution in [1.82, 2.24) is 14.8 Å². The zero-order valence-electron chi connectivity index (χ0n) is 16.8. The number of carbonyl (C=O) groups excluding carboxylic acids is 1. The molecule has 0 unspecified atom stereocenters. The lowest BCUT2D eigenvalue weighted by molar-refractivity contribution is -0.113. The molecule has 0 aliphatic heterocycles. The van der Waals surface area contributed by atoms with Crippen molar-refractivity contribution in [3.05, 3.63) is 66.0 Å². The Bertz CT molecular complexity index is 910. The normalized spacial score (nSPS) is 10.7. The Hall–Kier alpha value is -2.80. The van der Waals surface area contributed by atoms with Gasteiger partial charge in [-0.3, -0.25) is 4.79 Å². The van der Waals surface area contributed by atoms with Crippen LogP contribution < -0.4 is 10.1 Å². The molecule has 1 heterocycles. The van der Waals surface area contributed by atoms with Crippen LogP contribution in [0.4, 0.5) is 5.69 Å². The first-order chi connectivity index (χ1) is 14.2. The number of hydrogen-bond donors (Lipinski definition) is 1. The zero-order valence-corrected chi connectivity index (χ0v) is 17.6. The minimum atomic E-state index is -0.0735. The summed E-state index contributed by atoms with van der Waals surface area (Å²) in [5.74, 6) is 1.95. The van der Waals surface area contributed by atoms with Gasteiger partial charge in [-0.2, -0.15) is 0 Å². The average Bonchev–Trinajstić information content (AvgIpc) is 3.15. The lowest BCUT2D eigenvalue weighted by atomic mass is 10.1. The van der Waals surface area contributed by atoms with E-state index in [4.69, 9.17) is 4.74 Å². The summed E-state index contributed by atoms with van der Waals surface area (Å²) in [6, 6.07) is 17.7. The standard InChI is InChI=1S/C22H26N4O2S/c1-3-26-20(15-10-17-8-6-5-7-9-17)24-25-22(26)29-16-21(27)23-18-11-13-19(14-12-18)28-4-2/h5-9,11-14H,3-4,10,15-16H2,1-2H3,(H,23,27). The van der Waals surface area contributed by atoms with Gasteiger partial charge < -0.3 is 14.6 Å². The van der Waals surface area contributed by atoms with E-state index in [-0.39, 0.29) is 11.7 Å². The van der Waals surface area contributed by atoms with Gasteiger partial charge in [0.1, 0.15) is 11.6 Å². The highest BCUT2D eigenvalue weighted by molar-refractivity contribution is 7.99. The summed E-state index contributed by atoms with van der Waals surface area (Å²) >= 11 is 1.41. The van der Waals surface area contributed by atoms with E-state index in [1.165, 1.54) is 17.3 Å². The van der Waals surface area contributed by atoms with Crippen molar-refractivity contribution in [2.45, 2.75) is 38.4 Å². The van der Waals surface area contributed by atoms with E-state index < -0.39 is 0 Å². The largest absolute Gasteiger partial charge is 0.494 e. The fraction of sp³-hybridized carbons (Fsp3) is 0.318. The number of rotatable bonds is 10. The molecular weight excluding hydrogens is 384 g/mol. The topological polar surface area (TPSA) is 69.0 Å². The third kappa shape index (κ3) is 6.09. The van der Waals surface area contributed by atoms with E-state index in [1.54, 1.807) is 0 Å². The van der Waals surface area contributed by atoms with Crippen molar-refractivity contribution in [1.29, 1.82) is 0 Å². The van der Waals surface area contributed by atoms with Gasteiger partial charge in [-0.15, -0.1) is 10.2 Å². The van der Waals surface area contributed by atoms with Gasteiger partial charge in [0.25, 0.3) is 0 Å². The van der Waals surface area contributed by atoms with E-state index in [0.29, 0.717) is 6.61 Å². The number of carbonyl (C=O) groups is 1. The lowest BCUT2D eigenvalue weighted by Crippen LogP contribution is -2.14. The highest BCUT2D eigenvalue weighted by atomic mass is 32.2. The van der Waals surface area contributed by atoms with E-state index in [0.717, 1.165) is 41.8 Å². The molecule has 29 heavy (non-hydrogen) atoms. The molecule has 0 saturated carbocycles. The van der Waals surface area contributed by atoms with Crippen LogP contribution in [0.2, 0.25) is 0 Å². The van der Waals surface area contributed by atoms with Crippen LogP contribution >= 0.6 is 11.8 Å². The molecule has 1 aromatic heterocycles. The zero-order chi connectivity index (χ0) is 20.5. The molecule has 0 bridgehead atoms. The number of aryl methyl sites for hydroxylation is 2. The first-order valence-corrected chi connectivity index (χ1v) is 10.8. The Balaban J connectivity index is 1.53. The van der Waals surface area contributed by atoms with Gasteiger partial charge >= 0.3 is 0 Å². The molecule has 0 atom stereocenters. The Morgan fingerprint density at radius 1 is 1.03 bits per heavy atom. The van der Waals surface area contributed by atoms with E-state index in [9.17, 15) is 4.79 Å². The van der Waals surface area contributed by atoms with Crippen LogP contribution in [-0.4, -0.2) is 33.0 Å². The maximum absolute atomic E-state index is 12.3. The van der Waals surface area contributed by atoms with Gasteiger partial charge in [-0.05, 0) is 50.1 Å². The smallest absolute Gasteiger partial charge is 0.234 e. The second-order valence-electron chi connectivity index (χ2n) is 6.42. The molecule has 0 aliphatic rings. The van der Waals surface area contributed by atoms with Crippen molar-refractivity contribution in [2.75, 3.05) is 17.7 Å². The quantitative estimate of drug-likeness (QED) is 0.507. The molecule has 1 amide bonds. The molecule has 3 rings (SSSR count). The molecule has 2 aromatic carbocycles. The Kier molecular flexibility index (Phi) is 7.69. The third-order valence-corrected chi connectivity index (χ3v) is 5.34. The highest BCUT2D eigenvalue weighted by Gasteiger charge is 2.13. The number of aromatic nitrogens is 3. The summed E-state index contributed by atoms with van der Waals surface area (Å²) in [5, 5.41) is 12.3. The first kappa shape index (κ1) is 20.9. The molecule has 0 radical (unpaired) electrons. The molecule has 7 heteroatoms. The molecule has 0 aliphatic carbocycles. The number of hydrogen-bond acceptors (Lipinski definition) is 5. The molecule has 0 saturated heterocycles. The Morgan fingerprint density at radius 2 is 1.79 bits per heavy atom. The lowest BCUT2D eigenvalue weighted by Gasteiger charge is -2.08. The Labute approximate surface area is 175 Å². The van der Waals surface area contributed by atoms with E-state index >= 15 is 0 Å². The number of thioether (sulfide) groups is 1. The van der Waals surface area contributed by atoms with Crippen molar-refractivity contribution < 1.29 is 9.53 Å². The number of ether oxygens (including phenoxy) is 1. The summed E-state index contributed by atoms with van der Waals surface area (Å²) in [5.41, 5.74) is 2.03. The van der Waals surface area contributed by atoms with E-state index in [1.807, 2.05) is 49.4 Å². The van der Waals surface area contributed by atoms with Crippen LogP contribution in [0.3, 0.4) is 0 Å². The van der Waals surface area contributed by atoms with Crippen molar-refractivity contribution in [3.63, 3.8) is 0 Å². The van der Waals surface area contributed by atoms with Gasteiger partial charge in [0.05, 0.1) is 12.4 Å². The average molecular weight is 411 g/mol. The van der Waals surface area contributed by atoms with Gasteiger partial charge in [-0.1, -0.05) is 42.1 Å². The van der Waals surface area contributed by atoms with Gasteiger partial charge in [0.15, 0.2) is 5.16 Å². The predicted molar refractivity (Wildman–Crippen MR) is 117 cm³/mol. The predicted octanol–water partition coefficient (Wildman–Crippen LogP) is 4.21. The number of anilines is 1. The van der Waals surface area contributed by atoms with E-state index in [2.05, 4.69) is 39.1 Å². The fourth-order valence-corrected chi connectivity index (χ4v) is 3.78. The summed E-state index contributed by atoms with van der Waals surface area (Å²) in [4.78, 5) is 12.3. The van der Waals surface area contributed by atoms with Crippen molar-refractivity contribution in [2.24, 2.45) is 0 Å². The van der Waals surface area contributed by atoms with Crippen molar-refractivity contribution >= 4 is 23.4 Å². The first-order valence-electron chi connectivity index (χ1n) is 9.81. The SMILES string of the molecule is CCOc1ccc(NC(=O)CSc2nnc(CCc3ccccc3)n2CC)cc1. The molecule has 6 nitrogen and oxygen atoms in total. The number of amides is 1. The van der Waals surface area contributed by atoms with Crippen LogP contribution in [0.5, 0.6) is 5.75 Å². The number of benzene rings is 2. The maximum Gasteiger partial charge on any atom is 0.234 e. The van der Waals surface area contributed by atoms with Crippen LogP contribution in [0.15, 0.2) is 59.8 Å². The maximum atomic E-state index is 12.3. The van der Waals surface area contributed by atoms with Crippen LogP contribution in [-0.2, 0) is 24.2 Å². The minimum Gasteiger partial charge on any atom is -0.494 e. The Morgan fingerprint density at radius 3 is 2.48 bits per heavy atom. The second-order valence-corrected chi connectivity index (χ2v) is 7.37. The molecule has 1 N–H and O–H groups in total. The number of nitrogens with one attached hydrogen (secondary N) is 1.